The van der Waals surface area contributed by atoms with Gasteiger partial charge >= 0.3 is 8.25 Å². The first-order valence-corrected chi connectivity index (χ1v) is 13.3. The molecule has 0 spiro atoms. The Labute approximate surface area is 171 Å². The van der Waals surface area contributed by atoms with Crippen LogP contribution >= 0.6 is 8.25 Å². The topological polar surface area (TPSA) is 46.5 Å². The number of hydrogen-bond donors (Lipinski definition) is 1. The largest absolute Gasteiger partial charge is 0.326 e. The minimum absolute atomic E-state index is 0.0767. The van der Waals surface area contributed by atoms with Gasteiger partial charge in [0.25, 0.3) is 0 Å². The molecule has 0 rings (SSSR count). The Kier molecular flexibility index (Phi) is 22.6. The standard InChI is InChI=1S/C23H49O3P/c1-3-4-5-6-7-8-9-10-11-12-13-14-15-16-17-18-19-20-21-22-23(2)26-27(24)25/h23,27H,3-22H2,1-2H3,(H,24,25). The monoisotopic (exact) mass is 404 g/mol. The van der Waals surface area contributed by atoms with E-state index in [1.54, 1.807) is 0 Å². The van der Waals surface area contributed by atoms with Crippen molar-refractivity contribution in [2.75, 3.05) is 0 Å². The van der Waals surface area contributed by atoms with Crippen LogP contribution in [0, 0.1) is 0 Å². The zero-order chi connectivity index (χ0) is 20.0. The molecule has 0 fully saturated rings. The van der Waals surface area contributed by atoms with Gasteiger partial charge in [-0.2, -0.15) is 0 Å². The fourth-order valence-electron chi connectivity index (χ4n) is 3.74. The van der Waals surface area contributed by atoms with E-state index in [9.17, 15) is 4.57 Å². The van der Waals surface area contributed by atoms with Gasteiger partial charge in [0.05, 0.1) is 6.10 Å². The van der Waals surface area contributed by atoms with Crippen molar-refractivity contribution < 1.29 is 14.0 Å². The van der Waals surface area contributed by atoms with Crippen molar-refractivity contribution in [1.29, 1.82) is 0 Å². The van der Waals surface area contributed by atoms with E-state index in [-0.39, 0.29) is 6.10 Å². The van der Waals surface area contributed by atoms with Crippen molar-refractivity contribution in [3.63, 3.8) is 0 Å². The summed E-state index contributed by atoms with van der Waals surface area (Å²) in [4.78, 5) is 8.71. The Morgan fingerprint density at radius 1 is 0.630 bits per heavy atom. The van der Waals surface area contributed by atoms with Gasteiger partial charge in [-0.1, -0.05) is 129 Å². The second-order valence-corrected chi connectivity index (χ2v) is 9.11. The van der Waals surface area contributed by atoms with E-state index in [1.807, 2.05) is 6.92 Å². The van der Waals surface area contributed by atoms with Crippen LogP contribution in [-0.4, -0.2) is 11.0 Å². The predicted octanol–water partition coefficient (Wildman–Crippen LogP) is 8.60. The first-order valence-electron chi connectivity index (χ1n) is 12.1. The molecule has 0 aliphatic heterocycles. The Hall–Kier alpha value is 0.150. The van der Waals surface area contributed by atoms with Crippen molar-refractivity contribution >= 4 is 8.25 Å². The average molecular weight is 405 g/mol. The third-order valence-electron chi connectivity index (χ3n) is 5.52. The molecule has 0 amide bonds. The molecule has 0 saturated heterocycles. The second kappa shape index (κ2) is 22.4. The quantitative estimate of drug-likeness (QED) is 0.145. The van der Waals surface area contributed by atoms with Gasteiger partial charge in [0, 0.05) is 0 Å². The van der Waals surface area contributed by atoms with Gasteiger partial charge in [0.1, 0.15) is 0 Å². The average Bonchev–Trinajstić information content (AvgIpc) is 2.63. The summed E-state index contributed by atoms with van der Waals surface area (Å²) in [5.41, 5.74) is 0. The molecular formula is C23H49O3P. The van der Waals surface area contributed by atoms with Crippen LogP contribution in [0.15, 0.2) is 0 Å². The minimum atomic E-state index is -2.76. The molecule has 164 valence electrons. The lowest BCUT2D eigenvalue weighted by Gasteiger charge is -2.09. The number of rotatable bonds is 22. The molecule has 0 bridgehead atoms. The smallest absolute Gasteiger partial charge is 0.316 e. The lowest BCUT2D eigenvalue weighted by Crippen LogP contribution is -2.02. The van der Waals surface area contributed by atoms with E-state index < -0.39 is 8.25 Å². The Bertz CT molecular complexity index is 310. The van der Waals surface area contributed by atoms with Crippen LogP contribution in [0.5, 0.6) is 0 Å². The SMILES string of the molecule is CCCCCCCCCCCCCCCCCCCCCC(C)O[PH](=O)O. The van der Waals surface area contributed by atoms with Gasteiger partial charge in [-0.05, 0) is 13.3 Å². The zero-order valence-corrected chi connectivity index (χ0v) is 19.5. The van der Waals surface area contributed by atoms with Gasteiger partial charge in [0.15, 0.2) is 0 Å². The summed E-state index contributed by atoms with van der Waals surface area (Å²) in [6.07, 6.45) is 27.2. The van der Waals surface area contributed by atoms with Crippen LogP contribution in [0.4, 0.5) is 0 Å². The van der Waals surface area contributed by atoms with Crippen LogP contribution in [0.25, 0.3) is 0 Å². The van der Waals surface area contributed by atoms with Gasteiger partial charge in [-0.3, -0.25) is 4.57 Å². The molecule has 1 N–H and O–H groups in total. The molecule has 2 atom stereocenters. The maximum atomic E-state index is 10.6. The molecular weight excluding hydrogens is 355 g/mol. The maximum absolute atomic E-state index is 10.6. The molecule has 0 saturated carbocycles. The predicted molar refractivity (Wildman–Crippen MR) is 120 cm³/mol. The summed E-state index contributed by atoms with van der Waals surface area (Å²) in [5.74, 6) is 0. The number of unbranched alkanes of at least 4 members (excludes halogenated alkanes) is 18. The minimum Gasteiger partial charge on any atom is -0.326 e. The molecule has 0 aromatic heterocycles. The Morgan fingerprint density at radius 2 is 0.926 bits per heavy atom. The zero-order valence-electron chi connectivity index (χ0n) is 18.5. The summed E-state index contributed by atoms with van der Waals surface area (Å²) in [6, 6.07) is 0. The maximum Gasteiger partial charge on any atom is 0.316 e. The highest BCUT2D eigenvalue weighted by atomic mass is 31.1. The number of hydrogen-bond acceptors (Lipinski definition) is 2. The van der Waals surface area contributed by atoms with Crippen LogP contribution in [-0.2, 0) is 9.09 Å². The third-order valence-corrected chi connectivity index (χ3v) is 6.12. The summed E-state index contributed by atoms with van der Waals surface area (Å²) >= 11 is 0. The normalized spacial score (nSPS) is 13.7. The van der Waals surface area contributed by atoms with E-state index >= 15 is 0 Å². The lowest BCUT2D eigenvalue weighted by atomic mass is 10.0. The second-order valence-electron chi connectivity index (χ2n) is 8.35. The fraction of sp³-hybridized carbons (Fsp3) is 1.00. The van der Waals surface area contributed by atoms with Crippen molar-refractivity contribution in [2.45, 2.75) is 148 Å². The van der Waals surface area contributed by atoms with Gasteiger partial charge in [-0.25, -0.2) is 0 Å². The molecule has 0 aliphatic rings. The fourth-order valence-corrected chi connectivity index (χ4v) is 4.20. The van der Waals surface area contributed by atoms with E-state index in [1.165, 1.54) is 116 Å². The van der Waals surface area contributed by atoms with Crippen molar-refractivity contribution in [3.05, 3.63) is 0 Å². The van der Waals surface area contributed by atoms with E-state index in [4.69, 9.17) is 9.42 Å². The van der Waals surface area contributed by atoms with E-state index in [2.05, 4.69) is 6.92 Å². The first-order chi connectivity index (χ1) is 13.2. The Morgan fingerprint density at radius 3 is 1.22 bits per heavy atom. The highest BCUT2D eigenvalue weighted by Crippen LogP contribution is 2.21. The third kappa shape index (κ3) is 24.1. The molecule has 27 heavy (non-hydrogen) atoms. The van der Waals surface area contributed by atoms with E-state index in [0.717, 1.165) is 12.8 Å². The highest BCUT2D eigenvalue weighted by molar-refractivity contribution is 7.32. The molecule has 2 unspecified atom stereocenters. The molecule has 4 heteroatoms. The van der Waals surface area contributed by atoms with E-state index in [0.29, 0.717) is 0 Å². The summed E-state index contributed by atoms with van der Waals surface area (Å²) in [6.45, 7) is 4.17. The molecule has 0 aliphatic carbocycles. The molecule has 0 radical (unpaired) electrons. The Balaban J connectivity index is 3.06. The highest BCUT2D eigenvalue weighted by Gasteiger charge is 2.04. The van der Waals surface area contributed by atoms with Crippen molar-refractivity contribution in [3.8, 4) is 0 Å². The van der Waals surface area contributed by atoms with Crippen molar-refractivity contribution in [2.24, 2.45) is 0 Å². The van der Waals surface area contributed by atoms with Gasteiger partial charge < -0.3 is 9.42 Å². The van der Waals surface area contributed by atoms with Crippen LogP contribution in [0.1, 0.15) is 142 Å². The molecule has 3 nitrogen and oxygen atoms in total. The van der Waals surface area contributed by atoms with Crippen LogP contribution < -0.4 is 0 Å². The molecule has 0 aromatic carbocycles. The van der Waals surface area contributed by atoms with Crippen LogP contribution in [0.3, 0.4) is 0 Å². The first kappa shape index (κ1) is 27.1. The van der Waals surface area contributed by atoms with Crippen molar-refractivity contribution in [1.82, 2.24) is 0 Å². The van der Waals surface area contributed by atoms with Gasteiger partial charge in [0.2, 0.25) is 0 Å². The molecule has 0 heterocycles. The lowest BCUT2D eigenvalue weighted by molar-refractivity contribution is 0.192. The summed E-state index contributed by atoms with van der Waals surface area (Å²) < 4.78 is 15.5. The van der Waals surface area contributed by atoms with Crippen LogP contribution in [0.2, 0.25) is 0 Å². The summed E-state index contributed by atoms with van der Waals surface area (Å²) in [5, 5.41) is 0. The summed E-state index contributed by atoms with van der Waals surface area (Å²) in [7, 11) is -2.76. The molecule has 0 aromatic rings. The van der Waals surface area contributed by atoms with Gasteiger partial charge in [-0.15, -0.1) is 0 Å².